The van der Waals surface area contributed by atoms with Crippen molar-refractivity contribution in [2.75, 3.05) is 11.9 Å². The molecule has 1 N–H and O–H groups in total. The van der Waals surface area contributed by atoms with Crippen molar-refractivity contribution in [2.24, 2.45) is 0 Å². The van der Waals surface area contributed by atoms with E-state index in [1.807, 2.05) is 13.8 Å². The molecule has 0 bridgehead atoms. The first-order chi connectivity index (χ1) is 6.18. The van der Waals surface area contributed by atoms with Gasteiger partial charge in [0.2, 0.25) is 5.88 Å². The number of carbonyl (C=O) groups is 1. The quantitative estimate of drug-likeness (QED) is 0.645. The number of ether oxygens (including phenoxy) is 1. The van der Waals surface area contributed by atoms with E-state index in [-0.39, 0.29) is 12.5 Å². The third-order valence-electron chi connectivity index (χ3n) is 2.16. The number of nitrogens with zero attached hydrogens (tertiary/aromatic N) is 1. The summed E-state index contributed by atoms with van der Waals surface area (Å²) in [4.78, 5) is 15.1. The van der Waals surface area contributed by atoms with Gasteiger partial charge >= 0.3 is 0 Å². The van der Waals surface area contributed by atoms with Crippen molar-refractivity contribution in [3.8, 4) is 5.88 Å². The number of hydrogen-bond acceptors (Lipinski definition) is 3. The number of rotatable bonds is 0. The summed E-state index contributed by atoms with van der Waals surface area (Å²) in [6.07, 6.45) is 1.74. The van der Waals surface area contributed by atoms with Crippen LogP contribution in [0.2, 0.25) is 0 Å². The van der Waals surface area contributed by atoms with E-state index in [1.165, 1.54) is 0 Å². The Morgan fingerprint density at radius 2 is 2.31 bits per heavy atom. The highest BCUT2D eigenvalue weighted by Gasteiger charge is 2.19. The third-order valence-corrected chi connectivity index (χ3v) is 2.16. The Hall–Kier alpha value is -1.58. The minimum Gasteiger partial charge on any atom is -0.466 e. The maximum absolute atomic E-state index is 11.0. The average molecular weight is 178 g/mol. The Bertz CT molecular complexity index is 374. The molecule has 0 saturated carbocycles. The summed E-state index contributed by atoms with van der Waals surface area (Å²) in [5.41, 5.74) is 2.76. The molecular formula is C9H10N2O2. The lowest BCUT2D eigenvalue weighted by Crippen LogP contribution is -2.26. The standard InChI is InChI=1S/C9H10N2O2/c1-5-3-10-9-8(6(5)2)11-7(12)4-13-9/h3H,4H2,1-2H3,(H,11,12). The Labute approximate surface area is 75.9 Å². The van der Waals surface area contributed by atoms with Crippen molar-refractivity contribution in [2.45, 2.75) is 13.8 Å². The molecular weight excluding hydrogens is 168 g/mol. The molecule has 68 valence electrons. The lowest BCUT2D eigenvalue weighted by molar-refractivity contribution is -0.118. The molecule has 0 aliphatic carbocycles. The van der Waals surface area contributed by atoms with Gasteiger partial charge in [-0.25, -0.2) is 4.98 Å². The SMILES string of the molecule is Cc1cnc2c(c1C)NC(=O)CO2. The van der Waals surface area contributed by atoms with Crippen molar-refractivity contribution >= 4 is 11.6 Å². The number of aryl methyl sites for hydroxylation is 1. The summed E-state index contributed by atoms with van der Waals surface area (Å²) in [5, 5.41) is 2.74. The normalized spacial score (nSPS) is 14.5. The molecule has 0 fully saturated rings. The van der Waals surface area contributed by atoms with Gasteiger partial charge in [0.1, 0.15) is 5.69 Å². The molecule has 1 aliphatic rings. The zero-order valence-corrected chi connectivity index (χ0v) is 7.55. The number of nitrogens with one attached hydrogen (secondary N) is 1. The zero-order chi connectivity index (χ0) is 9.42. The summed E-state index contributed by atoms with van der Waals surface area (Å²) in [5.74, 6) is 0.394. The Balaban J connectivity index is 2.54. The fourth-order valence-corrected chi connectivity index (χ4v) is 1.24. The van der Waals surface area contributed by atoms with Crippen LogP contribution in [-0.4, -0.2) is 17.5 Å². The van der Waals surface area contributed by atoms with Crippen molar-refractivity contribution in [3.05, 3.63) is 17.3 Å². The van der Waals surface area contributed by atoms with Crippen LogP contribution in [0.1, 0.15) is 11.1 Å². The first-order valence-corrected chi connectivity index (χ1v) is 4.07. The van der Waals surface area contributed by atoms with E-state index in [1.54, 1.807) is 6.20 Å². The van der Waals surface area contributed by atoms with Crippen LogP contribution in [0.3, 0.4) is 0 Å². The Kier molecular flexibility index (Phi) is 1.69. The van der Waals surface area contributed by atoms with Gasteiger partial charge < -0.3 is 10.1 Å². The van der Waals surface area contributed by atoms with Gasteiger partial charge in [0.05, 0.1) is 0 Å². The van der Waals surface area contributed by atoms with Crippen molar-refractivity contribution < 1.29 is 9.53 Å². The molecule has 4 heteroatoms. The highest BCUT2D eigenvalue weighted by Crippen LogP contribution is 2.29. The fraction of sp³-hybridized carbons (Fsp3) is 0.333. The maximum Gasteiger partial charge on any atom is 0.262 e. The summed E-state index contributed by atoms with van der Waals surface area (Å²) >= 11 is 0. The molecule has 1 amide bonds. The minimum atomic E-state index is -0.122. The summed E-state index contributed by atoms with van der Waals surface area (Å²) < 4.78 is 5.15. The van der Waals surface area contributed by atoms with E-state index in [4.69, 9.17) is 4.74 Å². The molecule has 0 radical (unpaired) electrons. The predicted molar refractivity (Wildman–Crippen MR) is 47.8 cm³/mol. The van der Waals surface area contributed by atoms with Crippen molar-refractivity contribution in [3.63, 3.8) is 0 Å². The van der Waals surface area contributed by atoms with Gasteiger partial charge in [0.25, 0.3) is 5.91 Å². The number of aromatic nitrogens is 1. The first kappa shape index (κ1) is 8.04. The number of amides is 1. The van der Waals surface area contributed by atoms with Crippen LogP contribution in [0.5, 0.6) is 5.88 Å². The van der Waals surface area contributed by atoms with E-state index >= 15 is 0 Å². The van der Waals surface area contributed by atoms with Gasteiger partial charge in [-0.1, -0.05) is 0 Å². The zero-order valence-electron chi connectivity index (χ0n) is 7.55. The number of hydrogen-bond donors (Lipinski definition) is 1. The molecule has 0 atom stereocenters. The van der Waals surface area contributed by atoms with Crippen LogP contribution >= 0.6 is 0 Å². The highest BCUT2D eigenvalue weighted by molar-refractivity contribution is 5.95. The molecule has 4 nitrogen and oxygen atoms in total. The topological polar surface area (TPSA) is 51.2 Å². The minimum absolute atomic E-state index is 0.0580. The lowest BCUT2D eigenvalue weighted by atomic mass is 10.1. The largest absolute Gasteiger partial charge is 0.466 e. The van der Waals surface area contributed by atoms with Crippen LogP contribution in [0, 0.1) is 13.8 Å². The smallest absolute Gasteiger partial charge is 0.262 e. The number of fused-ring (bicyclic) bond motifs is 1. The fourth-order valence-electron chi connectivity index (χ4n) is 1.24. The van der Waals surface area contributed by atoms with Gasteiger partial charge in [-0.15, -0.1) is 0 Å². The lowest BCUT2D eigenvalue weighted by Gasteiger charge is -2.19. The van der Waals surface area contributed by atoms with E-state index < -0.39 is 0 Å². The van der Waals surface area contributed by atoms with Gasteiger partial charge in [-0.05, 0) is 25.0 Å². The number of anilines is 1. The van der Waals surface area contributed by atoms with Crippen LogP contribution in [0.15, 0.2) is 6.20 Å². The van der Waals surface area contributed by atoms with Gasteiger partial charge in [0, 0.05) is 6.20 Å². The predicted octanol–water partition coefficient (Wildman–Crippen LogP) is 1.03. The number of carbonyl (C=O) groups excluding carboxylic acids is 1. The molecule has 0 saturated heterocycles. The van der Waals surface area contributed by atoms with Crippen LogP contribution in [0.4, 0.5) is 5.69 Å². The average Bonchev–Trinajstić information content (AvgIpc) is 2.12. The second-order valence-electron chi connectivity index (χ2n) is 3.08. The van der Waals surface area contributed by atoms with Crippen molar-refractivity contribution in [1.82, 2.24) is 4.98 Å². The molecule has 0 unspecified atom stereocenters. The Morgan fingerprint density at radius 1 is 1.54 bits per heavy atom. The molecule has 1 aromatic heterocycles. The second kappa shape index (κ2) is 2.73. The van der Waals surface area contributed by atoms with Gasteiger partial charge in [-0.3, -0.25) is 4.79 Å². The van der Waals surface area contributed by atoms with Crippen LogP contribution in [0.25, 0.3) is 0 Å². The third kappa shape index (κ3) is 1.24. The van der Waals surface area contributed by atoms with E-state index in [2.05, 4.69) is 10.3 Å². The molecule has 13 heavy (non-hydrogen) atoms. The van der Waals surface area contributed by atoms with Crippen LogP contribution < -0.4 is 10.1 Å². The molecule has 1 aliphatic heterocycles. The van der Waals surface area contributed by atoms with Gasteiger partial charge in [-0.2, -0.15) is 0 Å². The monoisotopic (exact) mass is 178 g/mol. The summed E-state index contributed by atoms with van der Waals surface area (Å²) in [6, 6.07) is 0. The molecule has 1 aromatic rings. The summed E-state index contributed by atoms with van der Waals surface area (Å²) in [6.45, 7) is 3.94. The first-order valence-electron chi connectivity index (χ1n) is 4.07. The number of pyridine rings is 1. The molecule has 2 heterocycles. The van der Waals surface area contributed by atoms with Crippen molar-refractivity contribution in [1.29, 1.82) is 0 Å². The molecule has 0 aromatic carbocycles. The van der Waals surface area contributed by atoms with E-state index in [0.717, 1.165) is 11.1 Å². The molecule has 2 rings (SSSR count). The van der Waals surface area contributed by atoms with E-state index in [0.29, 0.717) is 11.6 Å². The Morgan fingerprint density at radius 3 is 3.08 bits per heavy atom. The summed E-state index contributed by atoms with van der Waals surface area (Å²) in [7, 11) is 0. The molecule has 0 spiro atoms. The highest BCUT2D eigenvalue weighted by atomic mass is 16.5. The maximum atomic E-state index is 11.0. The van der Waals surface area contributed by atoms with Crippen LogP contribution in [-0.2, 0) is 4.79 Å². The second-order valence-corrected chi connectivity index (χ2v) is 3.08. The van der Waals surface area contributed by atoms with Gasteiger partial charge in [0.15, 0.2) is 6.61 Å². The van der Waals surface area contributed by atoms with E-state index in [9.17, 15) is 4.79 Å².